The van der Waals surface area contributed by atoms with Gasteiger partial charge in [0.05, 0.1) is 12.9 Å². The molecule has 0 spiro atoms. The van der Waals surface area contributed by atoms with Gasteiger partial charge in [0.2, 0.25) is 5.91 Å². The van der Waals surface area contributed by atoms with Crippen molar-refractivity contribution in [2.75, 3.05) is 12.9 Å². The van der Waals surface area contributed by atoms with Crippen molar-refractivity contribution in [3.8, 4) is 17.1 Å². The van der Waals surface area contributed by atoms with Gasteiger partial charge in [0.1, 0.15) is 10.8 Å². The summed E-state index contributed by atoms with van der Waals surface area (Å²) in [5, 5.41) is 3.87. The summed E-state index contributed by atoms with van der Waals surface area (Å²) in [7, 11) is 1.64. The molecule has 0 saturated carbocycles. The molecule has 0 aliphatic carbocycles. The van der Waals surface area contributed by atoms with Crippen LogP contribution in [0.5, 0.6) is 5.75 Å². The molecule has 0 aliphatic heterocycles. The van der Waals surface area contributed by atoms with E-state index in [0.29, 0.717) is 11.6 Å². The Hall–Kier alpha value is -2.86. The first-order chi connectivity index (χ1) is 14.5. The summed E-state index contributed by atoms with van der Waals surface area (Å²) in [6, 6.07) is 20.0. The Morgan fingerprint density at radius 1 is 1.10 bits per heavy atom. The molecule has 1 heterocycles. The van der Waals surface area contributed by atoms with E-state index >= 15 is 0 Å². The summed E-state index contributed by atoms with van der Waals surface area (Å²) in [5.74, 6) is 1.78. The molecule has 0 radical (unpaired) electrons. The lowest BCUT2D eigenvalue weighted by atomic mass is 10.1. The van der Waals surface area contributed by atoms with Crippen molar-refractivity contribution >= 4 is 17.7 Å². The summed E-state index contributed by atoms with van der Waals surface area (Å²) in [4.78, 5) is 21.5. The van der Waals surface area contributed by atoms with Gasteiger partial charge in [-0.3, -0.25) is 4.79 Å². The van der Waals surface area contributed by atoms with Crippen molar-refractivity contribution in [2.24, 2.45) is 0 Å². The molecule has 5 nitrogen and oxygen atoms in total. The monoisotopic (exact) mass is 421 g/mol. The molecule has 0 bridgehead atoms. The van der Waals surface area contributed by atoms with Crippen molar-refractivity contribution < 1.29 is 9.53 Å². The highest BCUT2D eigenvalue weighted by molar-refractivity contribution is 7.99. The van der Waals surface area contributed by atoms with Crippen LogP contribution in [-0.4, -0.2) is 34.8 Å². The van der Waals surface area contributed by atoms with Gasteiger partial charge >= 0.3 is 0 Å². The van der Waals surface area contributed by atoms with Crippen LogP contribution in [-0.2, 0) is 11.2 Å². The third kappa shape index (κ3) is 6.59. The van der Waals surface area contributed by atoms with E-state index in [2.05, 4.69) is 27.4 Å². The summed E-state index contributed by atoms with van der Waals surface area (Å²) < 4.78 is 5.20. The zero-order valence-electron chi connectivity index (χ0n) is 17.6. The molecule has 1 atom stereocenters. The molecule has 0 fully saturated rings. The van der Waals surface area contributed by atoms with E-state index in [-0.39, 0.29) is 11.9 Å². The van der Waals surface area contributed by atoms with E-state index in [4.69, 9.17) is 4.74 Å². The first kappa shape index (κ1) is 21.8. The van der Waals surface area contributed by atoms with Gasteiger partial charge < -0.3 is 10.1 Å². The zero-order chi connectivity index (χ0) is 21.3. The Morgan fingerprint density at radius 2 is 1.83 bits per heavy atom. The minimum Gasteiger partial charge on any atom is -0.497 e. The first-order valence-corrected chi connectivity index (χ1v) is 11.0. The number of methoxy groups -OCH3 is 1. The van der Waals surface area contributed by atoms with E-state index in [9.17, 15) is 4.79 Å². The van der Waals surface area contributed by atoms with E-state index in [1.807, 2.05) is 62.4 Å². The minimum absolute atomic E-state index is 0.0165. The molecular formula is C24H27N3O2S. The zero-order valence-corrected chi connectivity index (χ0v) is 18.4. The Morgan fingerprint density at radius 3 is 2.53 bits per heavy atom. The number of hydrogen-bond acceptors (Lipinski definition) is 5. The predicted octanol–water partition coefficient (Wildman–Crippen LogP) is 4.69. The fourth-order valence-electron chi connectivity index (χ4n) is 3.04. The van der Waals surface area contributed by atoms with Gasteiger partial charge in [-0.2, -0.15) is 0 Å². The number of amides is 1. The first-order valence-electron chi connectivity index (χ1n) is 9.99. The second-order valence-electron chi connectivity index (χ2n) is 7.18. The molecule has 6 heteroatoms. The average molecular weight is 422 g/mol. The summed E-state index contributed by atoms with van der Waals surface area (Å²) in [6.45, 7) is 3.98. The summed E-state index contributed by atoms with van der Waals surface area (Å²) in [6.07, 6.45) is 1.86. The topological polar surface area (TPSA) is 64.1 Å². The third-order valence-corrected chi connectivity index (χ3v) is 5.56. The fraction of sp³-hybridized carbons (Fsp3) is 0.292. The molecule has 0 aliphatic rings. The van der Waals surface area contributed by atoms with Crippen LogP contribution in [0.3, 0.4) is 0 Å². The molecule has 30 heavy (non-hydrogen) atoms. The lowest BCUT2D eigenvalue weighted by Crippen LogP contribution is -2.34. The molecule has 156 valence electrons. The number of aryl methyl sites for hydroxylation is 2. The van der Waals surface area contributed by atoms with E-state index < -0.39 is 0 Å². The van der Waals surface area contributed by atoms with Gasteiger partial charge in [0.15, 0.2) is 5.82 Å². The maximum Gasteiger partial charge on any atom is 0.230 e. The fourth-order valence-corrected chi connectivity index (χ4v) is 3.81. The number of carbonyl (C=O) groups is 1. The van der Waals surface area contributed by atoms with Crippen LogP contribution in [0, 0.1) is 6.92 Å². The highest BCUT2D eigenvalue weighted by atomic mass is 32.2. The SMILES string of the molecule is COc1ccc(-c2nc(C)cc(SCC(=O)N[C@@H](C)CCc3ccccc3)n2)cc1. The van der Waals surface area contributed by atoms with E-state index in [0.717, 1.165) is 34.9 Å². The van der Waals surface area contributed by atoms with Crippen LogP contribution in [0.25, 0.3) is 11.4 Å². The number of nitrogens with zero attached hydrogens (tertiary/aromatic N) is 2. The lowest BCUT2D eigenvalue weighted by Gasteiger charge is -2.14. The number of ether oxygens (including phenoxy) is 1. The molecule has 1 aromatic heterocycles. The summed E-state index contributed by atoms with van der Waals surface area (Å²) >= 11 is 1.43. The van der Waals surface area contributed by atoms with Crippen LogP contribution in [0.15, 0.2) is 65.7 Å². The van der Waals surface area contributed by atoms with Crippen LogP contribution in [0.2, 0.25) is 0 Å². The quantitative estimate of drug-likeness (QED) is 0.401. The van der Waals surface area contributed by atoms with Crippen LogP contribution < -0.4 is 10.1 Å². The van der Waals surface area contributed by atoms with E-state index in [1.165, 1.54) is 17.3 Å². The van der Waals surface area contributed by atoms with Crippen molar-refractivity contribution in [1.82, 2.24) is 15.3 Å². The highest BCUT2D eigenvalue weighted by Crippen LogP contribution is 2.23. The molecule has 2 aromatic carbocycles. The number of carbonyl (C=O) groups excluding carboxylic acids is 1. The second kappa shape index (κ2) is 10.8. The standard InChI is InChI=1S/C24H27N3O2S/c1-17(9-10-19-7-5-4-6-8-19)25-22(28)16-30-23-15-18(2)26-24(27-23)20-11-13-21(29-3)14-12-20/h4-8,11-15,17H,9-10,16H2,1-3H3,(H,25,28)/t17-/m0/s1. The molecule has 3 aromatic rings. The van der Waals surface area contributed by atoms with Crippen molar-refractivity contribution in [2.45, 2.75) is 37.8 Å². The van der Waals surface area contributed by atoms with Crippen LogP contribution in [0.1, 0.15) is 24.6 Å². The van der Waals surface area contributed by atoms with Gasteiger partial charge in [-0.25, -0.2) is 9.97 Å². The number of thioether (sulfide) groups is 1. The Balaban J connectivity index is 1.53. The predicted molar refractivity (Wildman–Crippen MR) is 122 cm³/mol. The molecule has 3 rings (SSSR count). The van der Waals surface area contributed by atoms with Gasteiger partial charge in [0, 0.05) is 17.3 Å². The van der Waals surface area contributed by atoms with Gasteiger partial charge in [-0.05, 0) is 62.6 Å². The number of hydrogen-bond donors (Lipinski definition) is 1. The lowest BCUT2D eigenvalue weighted by molar-refractivity contribution is -0.119. The molecular weight excluding hydrogens is 394 g/mol. The smallest absolute Gasteiger partial charge is 0.230 e. The Labute approximate surface area is 182 Å². The van der Waals surface area contributed by atoms with Crippen molar-refractivity contribution in [3.63, 3.8) is 0 Å². The molecule has 1 N–H and O–H groups in total. The van der Waals surface area contributed by atoms with Crippen LogP contribution in [0.4, 0.5) is 0 Å². The average Bonchev–Trinajstić information content (AvgIpc) is 2.77. The normalized spacial score (nSPS) is 11.7. The maximum absolute atomic E-state index is 12.4. The molecule has 0 unspecified atom stereocenters. The Kier molecular flexibility index (Phi) is 7.85. The molecule has 0 saturated heterocycles. The third-order valence-electron chi connectivity index (χ3n) is 4.65. The number of rotatable bonds is 9. The largest absolute Gasteiger partial charge is 0.497 e. The number of nitrogens with one attached hydrogen (secondary N) is 1. The summed E-state index contributed by atoms with van der Waals surface area (Å²) in [5.41, 5.74) is 3.07. The maximum atomic E-state index is 12.4. The molecule has 1 amide bonds. The second-order valence-corrected chi connectivity index (χ2v) is 8.18. The number of aromatic nitrogens is 2. The van der Waals surface area contributed by atoms with Crippen molar-refractivity contribution in [1.29, 1.82) is 0 Å². The van der Waals surface area contributed by atoms with Gasteiger partial charge in [0.25, 0.3) is 0 Å². The minimum atomic E-state index is 0.0165. The van der Waals surface area contributed by atoms with Gasteiger partial charge in [-0.15, -0.1) is 0 Å². The van der Waals surface area contributed by atoms with Crippen molar-refractivity contribution in [3.05, 3.63) is 71.9 Å². The number of benzene rings is 2. The Bertz CT molecular complexity index is 962. The highest BCUT2D eigenvalue weighted by Gasteiger charge is 2.11. The van der Waals surface area contributed by atoms with E-state index in [1.54, 1.807) is 7.11 Å². The van der Waals surface area contributed by atoms with Gasteiger partial charge in [-0.1, -0.05) is 42.1 Å². The van der Waals surface area contributed by atoms with Crippen LogP contribution >= 0.6 is 11.8 Å².